The van der Waals surface area contributed by atoms with Crippen LogP contribution in [0.15, 0.2) is 0 Å². The zero-order valence-electron chi connectivity index (χ0n) is 11.7. The lowest BCUT2D eigenvalue weighted by molar-refractivity contribution is -0.132. The van der Waals surface area contributed by atoms with E-state index in [1.54, 1.807) is 11.9 Å². The number of nitrogens with zero attached hydrogens (tertiary/aromatic N) is 2. The number of carbonyl (C=O) groups excluding carboxylic acids is 1. The maximum absolute atomic E-state index is 12.1. The number of amides is 1. The van der Waals surface area contributed by atoms with Gasteiger partial charge in [0.2, 0.25) is 5.91 Å². The van der Waals surface area contributed by atoms with Crippen molar-refractivity contribution in [1.29, 1.82) is 0 Å². The molecule has 1 aliphatic rings. The van der Waals surface area contributed by atoms with Crippen LogP contribution in [0.5, 0.6) is 0 Å². The van der Waals surface area contributed by atoms with Crippen molar-refractivity contribution in [2.45, 2.75) is 25.8 Å². The molecule has 7 heteroatoms. The number of likely N-dealkylation sites (N-methyl/N-ethyl adjacent to an activating group) is 2. The third kappa shape index (κ3) is 5.08. The molecule has 112 valence electrons. The van der Waals surface area contributed by atoms with E-state index in [1.807, 2.05) is 11.8 Å². The number of aliphatic hydroxyl groups is 1. The Kier molecular flexibility index (Phi) is 6.22. The van der Waals surface area contributed by atoms with Gasteiger partial charge in [-0.15, -0.1) is 0 Å². The first-order chi connectivity index (χ1) is 8.89. The smallest absolute Gasteiger partial charge is 0.236 e. The van der Waals surface area contributed by atoms with Gasteiger partial charge in [-0.1, -0.05) is 6.92 Å². The summed E-state index contributed by atoms with van der Waals surface area (Å²) in [4.78, 5) is 15.6. The first-order valence-corrected chi connectivity index (χ1v) is 8.51. The van der Waals surface area contributed by atoms with Gasteiger partial charge in [-0.25, -0.2) is 8.42 Å². The first kappa shape index (κ1) is 16.4. The molecular weight excluding hydrogens is 268 g/mol. The monoisotopic (exact) mass is 292 g/mol. The van der Waals surface area contributed by atoms with Crippen LogP contribution in [0.2, 0.25) is 0 Å². The van der Waals surface area contributed by atoms with Gasteiger partial charge in [0, 0.05) is 26.2 Å². The molecule has 0 spiro atoms. The maximum Gasteiger partial charge on any atom is 0.236 e. The average Bonchev–Trinajstić information content (AvgIpc) is 2.73. The van der Waals surface area contributed by atoms with E-state index in [4.69, 9.17) is 5.11 Å². The fraction of sp³-hybridized carbons (Fsp3) is 0.917. The van der Waals surface area contributed by atoms with Crippen molar-refractivity contribution >= 4 is 15.7 Å². The largest absolute Gasteiger partial charge is 0.396 e. The van der Waals surface area contributed by atoms with Gasteiger partial charge >= 0.3 is 0 Å². The van der Waals surface area contributed by atoms with Crippen LogP contribution in [0.25, 0.3) is 0 Å². The lowest BCUT2D eigenvalue weighted by atomic mass is 10.2. The van der Waals surface area contributed by atoms with Crippen LogP contribution in [-0.2, 0) is 14.6 Å². The van der Waals surface area contributed by atoms with Crippen LogP contribution in [-0.4, -0.2) is 80.1 Å². The summed E-state index contributed by atoms with van der Waals surface area (Å²) in [5, 5.41) is 8.80. The van der Waals surface area contributed by atoms with Crippen molar-refractivity contribution in [3.05, 3.63) is 0 Å². The number of hydrogen-bond acceptors (Lipinski definition) is 5. The van der Waals surface area contributed by atoms with E-state index in [9.17, 15) is 13.2 Å². The van der Waals surface area contributed by atoms with Gasteiger partial charge in [-0.05, 0) is 19.4 Å². The molecule has 0 aromatic rings. The predicted octanol–water partition coefficient (Wildman–Crippen LogP) is -0.664. The summed E-state index contributed by atoms with van der Waals surface area (Å²) in [5.41, 5.74) is 0. The highest BCUT2D eigenvalue weighted by Gasteiger charge is 2.32. The number of carbonyl (C=O) groups is 1. The SMILES string of the molecule is CCN(CCCO)CC(=O)N(C)C1CCS(=O)(=O)C1. The van der Waals surface area contributed by atoms with Crippen molar-refractivity contribution in [3.8, 4) is 0 Å². The van der Waals surface area contributed by atoms with Crippen LogP contribution in [0.1, 0.15) is 19.8 Å². The maximum atomic E-state index is 12.1. The van der Waals surface area contributed by atoms with E-state index in [1.165, 1.54) is 0 Å². The van der Waals surface area contributed by atoms with Gasteiger partial charge in [0.1, 0.15) is 0 Å². The van der Waals surface area contributed by atoms with Crippen molar-refractivity contribution < 1.29 is 18.3 Å². The highest BCUT2D eigenvalue weighted by Crippen LogP contribution is 2.16. The Labute approximate surface area is 115 Å². The summed E-state index contributed by atoms with van der Waals surface area (Å²) in [6.45, 7) is 3.77. The molecule has 19 heavy (non-hydrogen) atoms. The highest BCUT2D eigenvalue weighted by atomic mass is 32.2. The molecule has 1 amide bonds. The van der Waals surface area contributed by atoms with Gasteiger partial charge in [-0.2, -0.15) is 0 Å². The molecule has 1 heterocycles. The van der Waals surface area contributed by atoms with E-state index >= 15 is 0 Å². The summed E-state index contributed by atoms with van der Waals surface area (Å²) >= 11 is 0. The first-order valence-electron chi connectivity index (χ1n) is 6.69. The molecule has 1 saturated heterocycles. The minimum absolute atomic E-state index is 0.0538. The quantitative estimate of drug-likeness (QED) is 0.674. The number of aliphatic hydroxyl groups excluding tert-OH is 1. The summed E-state index contributed by atoms with van der Waals surface area (Å²) in [7, 11) is -1.29. The Bertz CT molecular complexity index is 397. The fourth-order valence-corrected chi connectivity index (χ4v) is 4.00. The van der Waals surface area contributed by atoms with Gasteiger partial charge < -0.3 is 10.0 Å². The minimum Gasteiger partial charge on any atom is -0.396 e. The van der Waals surface area contributed by atoms with Gasteiger partial charge in [0.05, 0.1) is 18.1 Å². The van der Waals surface area contributed by atoms with Crippen LogP contribution < -0.4 is 0 Å². The molecule has 1 fully saturated rings. The van der Waals surface area contributed by atoms with Crippen LogP contribution in [0.4, 0.5) is 0 Å². The zero-order valence-corrected chi connectivity index (χ0v) is 12.5. The molecule has 1 unspecified atom stereocenters. The van der Waals surface area contributed by atoms with Crippen molar-refractivity contribution in [1.82, 2.24) is 9.80 Å². The van der Waals surface area contributed by atoms with Crippen molar-refractivity contribution in [2.75, 3.05) is 44.8 Å². The van der Waals surface area contributed by atoms with E-state index in [2.05, 4.69) is 0 Å². The third-order valence-electron chi connectivity index (χ3n) is 3.59. The lowest BCUT2D eigenvalue weighted by Crippen LogP contribution is -2.44. The molecule has 1 atom stereocenters. The molecule has 0 radical (unpaired) electrons. The molecule has 1 N–H and O–H groups in total. The molecule has 0 aliphatic carbocycles. The second kappa shape index (κ2) is 7.21. The van der Waals surface area contributed by atoms with Crippen LogP contribution in [0, 0.1) is 0 Å². The standard InChI is InChI=1S/C12H24N2O4S/c1-3-14(6-4-7-15)9-12(16)13(2)11-5-8-19(17,18)10-11/h11,15H,3-10H2,1-2H3. The second-order valence-corrected chi connectivity index (χ2v) is 7.24. The number of rotatable bonds is 7. The number of sulfone groups is 1. The third-order valence-corrected chi connectivity index (χ3v) is 5.34. The zero-order chi connectivity index (χ0) is 14.5. The molecule has 0 aromatic carbocycles. The highest BCUT2D eigenvalue weighted by molar-refractivity contribution is 7.91. The average molecular weight is 292 g/mol. The van der Waals surface area contributed by atoms with Gasteiger partial charge in [-0.3, -0.25) is 9.69 Å². The topological polar surface area (TPSA) is 77.9 Å². The normalized spacial score (nSPS) is 21.8. The van der Waals surface area contributed by atoms with Crippen molar-refractivity contribution in [2.24, 2.45) is 0 Å². The Balaban J connectivity index is 2.48. The lowest BCUT2D eigenvalue weighted by Gasteiger charge is -2.27. The Morgan fingerprint density at radius 2 is 2.11 bits per heavy atom. The predicted molar refractivity (Wildman–Crippen MR) is 73.6 cm³/mol. The van der Waals surface area contributed by atoms with E-state index in [-0.39, 0.29) is 36.6 Å². The summed E-state index contributed by atoms with van der Waals surface area (Å²) in [6.07, 6.45) is 1.18. The Morgan fingerprint density at radius 1 is 1.42 bits per heavy atom. The van der Waals surface area contributed by atoms with Gasteiger partial charge in [0.15, 0.2) is 9.84 Å². The molecule has 1 aliphatic heterocycles. The molecular formula is C12H24N2O4S. The van der Waals surface area contributed by atoms with Crippen LogP contribution in [0.3, 0.4) is 0 Å². The molecule has 6 nitrogen and oxygen atoms in total. The second-order valence-electron chi connectivity index (χ2n) is 5.01. The number of hydrogen-bond donors (Lipinski definition) is 1. The van der Waals surface area contributed by atoms with Gasteiger partial charge in [0.25, 0.3) is 0 Å². The van der Waals surface area contributed by atoms with E-state index in [0.29, 0.717) is 19.4 Å². The Hall–Kier alpha value is -0.660. The fourth-order valence-electron chi connectivity index (χ4n) is 2.23. The molecule has 0 bridgehead atoms. The molecule has 1 rings (SSSR count). The Morgan fingerprint density at radius 3 is 2.58 bits per heavy atom. The summed E-state index contributed by atoms with van der Waals surface area (Å²) in [5.74, 6) is 0.205. The van der Waals surface area contributed by atoms with E-state index < -0.39 is 9.84 Å². The molecule has 0 saturated carbocycles. The van der Waals surface area contributed by atoms with E-state index in [0.717, 1.165) is 6.54 Å². The summed E-state index contributed by atoms with van der Waals surface area (Å²) < 4.78 is 22.8. The summed E-state index contributed by atoms with van der Waals surface area (Å²) in [6, 6.07) is -0.186. The minimum atomic E-state index is -2.96. The van der Waals surface area contributed by atoms with Crippen LogP contribution >= 0.6 is 0 Å². The molecule has 0 aromatic heterocycles. The van der Waals surface area contributed by atoms with Crippen molar-refractivity contribution in [3.63, 3.8) is 0 Å².